The molecule has 0 bridgehead atoms. The minimum Gasteiger partial charge on any atom is -0.480 e. The largest absolute Gasteiger partial charge is 0.480 e. The molecule has 88 valence electrons. The van der Waals surface area contributed by atoms with Gasteiger partial charge in [-0.05, 0) is 23.1 Å². The fraction of sp³-hybridized carbons (Fsp3) is 0.364. The van der Waals surface area contributed by atoms with E-state index in [1.165, 1.54) is 12.1 Å². The summed E-state index contributed by atoms with van der Waals surface area (Å²) in [6.45, 7) is -1.50. The molecule has 0 amide bonds. The zero-order chi connectivity index (χ0) is 12.1. The molecular formula is C11H13F2NO2. The van der Waals surface area contributed by atoms with Crippen LogP contribution < -0.4 is 5.73 Å². The Morgan fingerprint density at radius 3 is 2.44 bits per heavy atom. The van der Waals surface area contributed by atoms with Gasteiger partial charge in [-0.25, -0.2) is 8.78 Å². The first kappa shape index (κ1) is 12.6. The molecule has 0 heterocycles. The van der Waals surface area contributed by atoms with Crippen LogP contribution in [0, 0.1) is 0 Å². The molecule has 0 spiro atoms. The van der Waals surface area contributed by atoms with Gasteiger partial charge in [0.15, 0.2) is 0 Å². The van der Waals surface area contributed by atoms with Gasteiger partial charge in [0.25, 0.3) is 0 Å². The molecule has 0 aromatic heterocycles. The lowest BCUT2D eigenvalue weighted by Gasteiger charge is -2.09. The maximum absolute atomic E-state index is 12.5. The van der Waals surface area contributed by atoms with Crippen molar-refractivity contribution in [3.05, 3.63) is 34.9 Å². The molecule has 1 rings (SSSR count). The summed E-state index contributed by atoms with van der Waals surface area (Å²) < 4.78 is 24.9. The Morgan fingerprint density at radius 1 is 1.31 bits per heavy atom. The van der Waals surface area contributed by atoms with Crippen LogP contribution in [0.4, 0.5) is 8.78 Å². The highest BCUT2D eigenvalue weighted by molar-refractivity contribution is 5.73. The number of carboxylic acids is 1. The van der Waals surface area contributed by atoms with Crippen LogP contribution in [0.25, 0.3) is 0 Å². The highest BCUT2D eigenvalue weighted by Crippen LogP contribution is 2.15. The van der Waals surface area contributed by atoms with Crippen molar-refractivity contribution in [1.82, 2.24) is 0 Å². The average molecular weight is 229 g/mol. The van der Waals surface area contributed by atoms with Crippen molar-refractivity contribution in [2.45, 2.75) is 25.8 Å². The molecule has 0 saturated heterocycles. The van der Waals surface area contributed by atoms with Crippen LogP contribution >= 0.6 is 0 Å². The normalized spacial score (nSPS) is 12.4. The van der Waals surface area contributed by atoms with Gasteiger partial charge in [-0.1, -0.05) is 18.2 Å². The van der Waals surface area contributed by atoms with E-state index in [9.17, 15) is 13.6 Å². The van der Waals surface area contributed by atoms with Crippen molar-refractivity contribution in [1.29, 1.82) is 0 Å². The van der Waals surface area contributed by atoms with Crippen molar-refractivity contribution in [3.63, 3.8) is 0 Å². The Kier molecular flexibility index (Phi) is 4.37. The Balaban J connectivity index is 2.86. The molecule has 1 atom stereocenters. The third-order valence-corrected chi connectivity index (χ3v) is 2.33. The fourth-order valence-electron chi connectivity index (χ4n) is 1.40. The van der Waals surface area contributed by atoms with Crippen molar-refractivity contribution in [3.8, 4) is 0 Å². The quantitative estimate of drug-likeness (QED) is 0.805. The van der Waals surface area contributed by atoms with Gasteiger partial charge in [-0.3, -0.25) is 4.79 Å². The van der Waals surface area contributed by atoms with Crippen LogP contribution in [0.3, 0.4) is 0 Å². The summed E-state index contributed by atoms with van der Waals surface area (Å²) in [5, 5.41) is 8.61. The van der Waals surface area contributed by atoms with Crippen LogP contribution in [-0.2, 0) is 24.6 Å². The number of nitrogens with two attached hydrogens (primary N) is 1. The van der Waals surface area contributed by atoms with Crippen molar-refractivity contribution < 1.29 is 18.7 Å². The maximum Gasteiger partial charge on any atom is 0.320 e. The van der Waals surface area contributed by atoms with Gasteiger partial charge in [-0.15, -0.1) is 0 Å². The molecule has 3 N–H and O–H groups in total. The van der Waals surface area contributed by atoms with E-state index >= 15 is 0 Å². The SMILES string of the molecule is NC(Cc1ccc(CF)c(CF)c1)C(=O)O. The van der Waals surface area contributed by atoms with E-state index in [-0.39, 0.29) is 17.5 Å². The molecule has 3 nitrogen and oxygen atoms in total. The number of rotatable bonds is 5. The van der Waals surface area contributed by atoms with Gasteiger partial charge in [0.1, 0.15) is 19.4 Å². The lowest BCUT2D eigenvalue weighted by atomic mass is 10.0. The van der Waals surface area contributed by atoms with Crippen LogP contribution in [0.2, 0.25) is 0 Å². The zero-order valence-corrected chi connectivity index (χ0v) is 8.62. The summed E-state index contributed by atoms with van der Waals surface area (Å²) in [7, 11) is 0. The van der Waals surface area contributed by atoms with E-state index in [0.717, 1.165) is 0 Å². The Bertz CT molecular complexity index is 382. The van der Waals surface area contributed by atoms with Gasteiger partial charge in [-0.2, -0.15) is 0 Å². The number of benzene rings is 1. The van der Waals surface area contributed by atoms with Crippen molar-refractivity contribution in [2.24, 2.45) is 5.73 Å². The summed E-state index contributed by atoms with van der Waals surface area (Å²) >= 11 is 0. The summed E-state index contributed by atoms with van der Waals surface area (Å²) in [5.41, 5.74) is 6.48. The number of hydrogen-bond acceptors (Lipinski definition) is 2. The Morgan fingerprint density at radius 2 is 1.94 bits per heavy atom. The number of aliphatic carboxylic acids is 1. The summed E-state index contributed by atoms with van der Waals surface area (Å²) in [6, 6.07) is 3.46. The third kappa shape index (κ3) is 3.00. The second kappa shape index (κ2) is 5.55. The zero-order valence-electron chi connectivity index (χ0n) is 8.62. The van der Waals surface area contributed by atoms with Gasteiger partial charge in [0, 0.05) is 0 Å². The number of carbonyl (C=O) groups is 1. The van der Waals surface area contributed by atoms with E-state index in [1.54, 1.807) is 6.07 Å². The number of carboxylic acid groups (broad SMARTS) is 1. The smallest absolute Gasteiger partial charge is 0.320 e. The topological polar surface area (TPSA) is 63.3 Å². The number of halogens is 2. The van der Waals surface area contributed by atoms with Crippen LogP contribution in [-0.4, -0.2) is 17.1 Å². The average Bonchev–Trinajstić information content (AvgIpc) is 2.28. The Labute approximate surface area is 91.9 Å². The van der Waals surface area contributed by atoms with E-state index in [1.807, 2.05) is 0 Å². The first-order valence-electron chi connectivity index (χ1n) is 4.79. The standard InChI is InChI=1S/C11H13F2NO2/c12-5-8-2-1-7(3-9(8)6-13)4-10(14)11(15)16/h1-3,10H,4-6,14H2,(H,15,16). The van der Waals surface area contributed by atoms with E-state index < -0.39 is 25.4 Å². The minimum atomic E-state index is -1.11. The van der Waals surface area contributed by atoms with Gasteiger partial charge in [0.05, 0.1) is 0 Å². The molecule has 0 aliphatic rings. The van der Waals surface area contributed by atoms with Crippen molar-refractivity contribution >= 4 is 5.97 Å². The molecule has 1 aromatic rings. The Hall–Kier alpha value is -1.49. The number of alkyl halides is 2. The van der Waals surface area contributed by atoms with Crippen LogP contribution in [0.1, 0.15) is 16.7 Å². The number of hydrogen-bond donors (Lipinski definition) is 2. The maximum atomic E-state index is 12.5. The van der Waals surface area contributed by atoms with Gasteiger partial charge >= 0.3 is 5.97 Å². The highest BCUT2D eigenvalue weighted by atomic mass is 19.1. The van der Waals surface area contributed by atoms with Crippen LogP contribution in [0.15, 0.2) is 18.2 Å². The predicted molar refractivity (Wildman–Crippen MR) is 55.4 cm³/mol. The predicted octanol–water partition coefficient (Wildman–Crippen LogP) is 1.58. The second-order valence-corrected chi connectivity index (χ2v) is 3.52. The molecule has 0 saturated carbocycles. The monoisotopic (exact) mass is 229 g/mol. The lowest BCUT2D eigenvalue weighted by molar-refractivity contribution is -0.138. The summed E-state index contributed by atoms with van der Waals surface area (Å²) in [6.07, 6.45) is 0.106. The molecular weight excluding hydrogens is 216 g/mol. The fourth-order valence-corrected chi connectivity index (χ4v) is 1.40. The lowest BCUT2D eigenvalue weighted by Crippen LogP contribution is -2.32. The van der Waals surface area contributed by atoms with Gasteiger partial charge in [0.2, 0.25) is 0 Å². The van der Waals surface area contributed by atoms with E-state index in [0.29, 0.717) is 5.56 Å². The van der Waals surface area contributed by atoms with Gasteiger partial charge < -0.3 is 10.8 Å². The second-order valence-electron chi connectivity index (χ2n) is 3.52. The van der Waals surface area contributed by atoms with E-state index in [4.69, 9.17) is 10.8 Å². The molecule has 0 aliphatic heterocycles. The molecule has 0 aliphatic carbocycles. The molecule has 0 fully saturated rings. The summed E-state index contributed by atoms with van der Waals surface area (Å²) in [5.74, 6) is -1.11. The molecule has 1 aromatic carbocycles. The first-order chi connectivity index (χ1) is 7.58. The summed E-state index contributed by atoms with van der Waals surface area (Å²) in [4.78, 5) is 10.5. The molecule has 5 heteroatoms. The molecule has 16 heavy (non-hydrogen) atoms. The minimum absolute atomic E-state index is 0.106. The molecule has 1 unspecified atom stereocenters. The third-order valence-electron chi connectivity index (χ3n) is 2.33. The van der Waals surface area contributed by atoms with E-state index in [2.05, 4.69) is 0 Å². The first-order valence-corrected chi connectivity index (χ1v) is 4.79. The van der Waals surface area contributed by atoms with Crippen molar-refractivity contribution in [2.75, 3.05) is 0 Å². The molecule has 0 radical (unpaired) electrons. The van der Waals surface area contributed by atoms with Crippen LogP contribution in [0.5, 0.6) is 0 Å². The highest BCUT2D eigenvalue weighted by Gasteiger charge is 2.13.